The first-order valence-electron chi connectivity index (χ1n) is 6.93. The van der Waals surface area contributed by atoms with E-state index in [-0.39, 0.29) is 5.56 Å². The zero-order valence-corrected chi connectivity index (χ0v) is 12.6. The van der Waals surface area contributed by atoms with Crippen molar-refractivity contribution < 1.29 is 9.90 Å². The second kappa shape index (κ2) is 6.39. The van der Waals surface area contributed by atoms with E-state index in [2.05, 4.69) is 21.5 Å². The van der Waals surface area contributed by atoms with Gasteiger partial charge in [0.25, 0.3) is 0 Å². The van der Waals surface area contributed by atoms with Crippen LogP contribution in [0.1, 0.15) is 33.9 Å². The van der Waals surface area contributed by atoms with E-state index in [1.54, 1.807) is 19.1 Å². The van der Waals surface area contributed by atoms with Gasteiger partial charge in [-0.05, 0) is 45.4 Å². The minimum atomic E-state index is -0.948. The van der Waals surface area contributed by atoms with Gasteiger partial charge in [-0.25, -0.2) is 9.78 Å². The monoisotopic (exact) mass is 288 g/mol. The lowest BCUT2D eigenvalue weighted by Gasteiger charge is -2.08. The van der Waals surface area contributed by atoms with E-state index in [4.69, 9.17) is 5.11 Å². The number of hydrogen-bond donors (Lipinski definition) is 2. The number of hydrogen-bond acceptors (Lipinski definition) is 4. The standard InChI is InChI=1S/C15H20N4O2/c1-10-9-11(2)19(18-10)8-4-7-16-14-6-5-13(15(20)21)12(3)17-14/h5-6,9H,4,7-8H2,1-3H3,(H,16,17)(H,20,21). The van der Waals surface area contributed by atoms with E-state index >= 15 is 0 Å². The van der Waals surface area contributed by atoms with Crippen molar-refractivity contribution in [2.75, 3.05) is 11.9 Å². The van der Waals surface area contributed by atoms with Gasteiger partial charge < -0.3 is 10.4 Å². The molecule has 2 aromatic rings. The number of aromatic carboxylic acids is 1. The minimum Gasteiger partial charge on any atom is -0.478 e. The van der Waals surface area contributed by atoms with Crippen LogP contribution in [-0.4, -0.2) is 32.4 Å². The van der Waals surface area contributed by atoms with Crippen molar-refractivity contribution in [3.8, 4) is 0 Å². The molecule has 21 heavy (non-hydrogen) atoms. The van der Waals surface area contributed by atoms with E-state index in [0.717, 1.165) is 30.9 Å². The molecule has 2 rings (SSSR count). The quantitative estimate of drug-likeness (QED) is 0.798. The largest absolute Gasteiger partial charge is 0.478 e. The average molecular weight is 288 g/mol. The molecule has 2 heterocycles. The van der Waals surface area contributed by atoms with Crippen molar-refractivity contribution in [3.63, 3.8) is 0 Å². The Morgan fingerprint density at radius 2 is 2.10 bits per heavy atom. The van der Waals surface area contributed by atoms with Gasteiger partial charge in [-0.2, -0.15) is 5.10 Å². The fourth-order valence-electron chi connectivity index (χ4n) is 2.23. The molecule has 0 aliphatic rings. The number of nitrogens with zero attached hydrogens (tertiary/aromatic N) is 3. The fourth-order valence-corrected chi connectivity index (χ4v) is 2.23. The van der Waals surface area contributed by atoms with E-state index in [1.165, 1.54) is 0 Å². The lowest BCUT2D eigenvalue weighted by Crippen LogP contribution is -2.10. The van der Waals surface area contributed by atoms with E-state index in [9.17, 15) is 4.79 Å². The normalized spacial score (nSPS) is 10.6. The Kier molecular flexibility index (Phi) is 4.57. The SMILES string of the molecule is Cc1cc(C)n(CCCNc2ccc(C(=O)O)c(C)n2)n1. The molecule has 6 heteroatoms. The number of aromatic nitrogens is 3. The molecule has 0 aromatic carbocycles. The molecule has 0 saturated heterocycles. The van der Waals surface area contributed by atoms with Crippen molar-refractivity contribution in [1.29, 1.82) is 0 Å². The summed E-state index contributed by atoms with van der Waals surface area (Å²) in [6.45, 7) is 7.34. The first kappa shape index (κ1) is 15.0. The highest BCUT2D eigenvalue weighted by atomic mass is 16.4. The van der Waals surface area contributed by atoms with Crippen LogP contribution in [0.3, 0.4) is 0 Å². The number of anilines is 1. The average Bonchev–Trinajstić information content (AvgIpc) is 2.73. The molecule has 2 aromatic heterocycles. The number of carbonyl (C=O) groups is 1. The molecule has 0 fully saturated rings. The lowest BCUT2D eigenvalue weighted by molar-refractivity contribution is 0.0695. The van der Waals surface area contributed by atoms with Gasteiger partial charge in [0.15, 0.2) is 0 Å². The first-order valence-corrected chi connectivity index (χ1v) is 6.93. The Morgan fingerprint density at radius 1 is 1.33 bits per heavy atom. The van der Waals surface area contributed by atoms with E-state index in [0.29, 0.717) is 11.5 Å². The summed E-state index contributed by atoms with van der Waals surface area (Å²) in [5.74, 6) is -0.248. The van der Waals surface area contributed by atoms with Gasteiger partial charge >= 0.3 is 5.97 Å². The third kappa shape index (κ3) is 3.81. The predicted molar refractivity (Wildman–Crippen MR) is 80.7 cm³/mol. The molecule has 0 aliphatic heterocycles. The van der Waals surface area contributed by atoms with Crippen molar-refractivity contribution in [2.24, 2.45) is 0 Å². The highest BCUT2D eigenvalue weighted by Gasteiger charge is 2.08. The number of pyridine rings is 1. The minimum absolute atomic E-state index is 0.239. The van der Waals surface area contributed by atoms with Crippen LogP contribution in [-0.2, 0) is 6.54 Å². The zero-order valence-electron chi connectivity index (χ0n) is 12.6. The first-order chi connectivity index (χ1) is 9.97. The number of aryl methyl sites for hydroxylation is 4. The number of rotatable bonds is 6. The summed E-state index contributed by atoms with van der Waals surface area (Å²) < 4.78 is 1.99. The highest BCUT2D eigenvalue weighted by molar-refractivity contribution is 5.89. The van der Waals surface area contributed by atoms with Crippen molar-refractivity contribution in [2.45, 2.75) is 33.7 Å². The topological polar surface area (TPSA) is 80.0 Å². The third-order valence-corrected chi connectivity index (χ3v) is 3.27. The fraction of sp³-hybridized carbons (Fsp3) is 0.400. The molecular formula is C15H20N4O2. The van der Waals surface area contributed by atoms with E-state index in [1.807, 2.05) is 18.5 Å². The maximum Gasteiger partial charge on any atom is 0.337 e. The Bertz CT molecular complexity index is 649. The molecule has 112 valence electrons. The third-order valence-electron chi connectivity index (χ3n) is 3.27. The van der Waals surface area contributed by atoms with Gasteiger partial charge in [0.2, 0.25) is 0 Å². The van der Waals surface area contributed by atoms with Gasteiger partial charge in [-0.3, -0.25) is 4.68 Å². The van der Waals surface area contributed by atoms with Gasteiger partial charge in [0, 0.05) is 18.8 Å². The van der Waals surface area contributed by atoms with Crippen molar-refractivity contribution >= 4 is 11.8 Å². The summed E-state index contributed by atoms with van der Waals surface area (Å²) in [6.07, 6.45) is 0.920. The molecule has 0 saturated carbocycles. The van der Waals surface area contributed by atoms with Crippen LogP contribution < -0.4 is 5.32 Å². The van der Waals surface area contributed by atoms with Gasteiger partial charge in [-0.15, -0.1) is 0 Å². The van der Waals surface area contributed by atoms with Gasteiger partial charge in [0.05, 0.1) is 17.0 Å². The van der Waals surface area contributed by atoms with Crippen LogP contribution >= 0.6 is 0 Å². The molecule has 0 aliphatic carbocycles. The Labute approximate surface area is 123 Å². The molecule has 0 amide bonds. The second-order valence-electron chi connectivity index (χ2n) is 5.07. The summed E-state index contributed by atoms with van der Waals surface area (Å²) in [6, 6.07) is 5.33. The van der Waals surface area contributed by atoms with Crippen LogP contribution in [0.5, 0.6) is 0 Å². The van der Waals surface area contributed by atoms with Crippen LogP contribution in [0.2, 0.25) is 0 Å². The Morgan fingerprint density at radius 3 is 2.67 bits per heavy atom. The summed E-state index contributed by atoms with van der Waals surface area (Å²) in [5.41, 5.74) is 2.95. The Balaban J connectivity index is 1.85. The smallest absolute Gasteiger partial charge is 0.337 e. The van der Waals surface area contributed by atoms with Crippen molar-refractivity contribution in [3.05, 3.63) is 40.8 Å². The van der Waals surface area contributed by atoms with Crippen LogP contribution in [0.15, 0.2) is 18.2 Å². The van der Waals surface area contributed by atoms with Gasteiger partial charge in [0.1, 0.15) is 5.82 Å². The van der Waals surface area contributed by atoms with Gasteiger partial charge in [-0.1, -0.05) is 0 Å². The molecular weight excluding hydrogens is 268 g/mol. The predicted octanol–water partition coefficient (Wildman–Crippen LogP) is 2.40. The summed E-state index contributed by atoms with van der Waals surface area (Å²) in [7, 11) is 0. The van der Waals surface area contributed by atoms with Crippen LogP contribution in [0.25, 0.3) is 0 Å². The molecule has 0 unspecified atom stereocenters. The summed E-state index contributed by atoms with van der Waals surface area (Å²) >= 11 is 0. The van der Waals surface area contributed by atoms with E-state index < -0.39 is 5.97 Å². The number of carboxylic acid groups (broad SMARTS) is 1. The maximum atomic E-state index is 10.9. The molecule has 0 bridgehead atoms. The molecule has 6 nitrogen and oxygen atoms in total. The zero-order chi connectivity index (χ0) is 15.4. The second-order valence-corrected chi connectivity index (χ2v) is 5.07. The highest BCUT2D eigenvalue weighted by Crippen LogP contribution is 2.10. The number of nitrogens with one attached hydrogen (secondary N) is 1. The number of carboxylic acids is 1. The molecule has 0 atom stereocenters. The van der Waals surface area contributed by atoms with Crippen molar-refractivity contribution in [1.82, 2.24) is 14.8 Å². The Hall–Kier alpha value is -2.37. The maximum absolute atomic E-state index is 10.9. The van der Waals surface area contributed by atoms with Crippen LogP contribution in [0.4, 0.5) is 5.82 Å². The molecule has 0 spiro atoms. The molecule has 2 N–H and O–H groups in total. The van der Waals surface area contributed by atoms with Crippen LogP contribution in [0, 0.1) is 20.8 Å². The molecule has 0 radical (unpaired) electrons. The lowest BCUT2D eigenvalue weighted by atomic mass is 10.2. The summed E-state index contributed by atoms with van der Waals surface area (Å²) in [5, 5.41) is 16.6. The summed E-state index contributed by atoms with van der Waals surface area (Å²) in [4.78, 5) is 15.2.